The summed E-state index contributed by atoms with van der Waals surface area (Å²) in [5.74, 6) is 0.478. The summed E-state index contributed by atoms with van der Waals surface area (Å²) in [7, 11) is 0. The summed E-state index contributed by atoms with van der Waals surface area (Å²) >= 11 is 0. The first-order chi connectivity index (χ1) is 11.7. The Hall–Kier alpha value is -2.28. The molecule has 1 nitrogen and oxygen atoms in total. The van der Waals surface area contributed by atoms with Gasteiger partial charge < -0.3 is 4.90 Å². The lowest BCUT2D eigenvalue weighted by Gasteiger charge is -2.27. The zero-order valence-electron chi connectivity index (χ0n) is 16.9. The molecule has 0 bridgehead atoms. The Morgan fingerprint density at radius 2 is 1.60 bits per heavy atom. The van der Waals surface area contributed by atoms with Crippen molar-refractivity contribution in [3.63, 3.8) is 0 Å². The minimum atomic E-state index is 0.0992. The number of hydrogen-bond donors (Lipinski definition) is 0. The predicted molar refractivity (Wildman–Crippen MR) is 115 cm³/mol. The molecule has 0 spiro atoms. The molecular formula is C24H35N. The Kier molecular flexibility index (Phi) is 10.3. The first-order valence-electron chi connectivity index (χ1n) is 8.83. The number of rotatable bonds is 10. The Labute approximate surface area is 155 Å². The van der Waals surface area contributed by atoms with E-state index in [1.165, 1.54) is 0 Å². The van der Waals surface area contributed by atoms with Crippen molar-refractivity contribution in [1.29, 1.82) is 0 Å². The zero-order chi connectivity index (χ0) is 19.5. The molecule has 1 unspecified atom stereocenters. The minimum Gasteiger partial charge on any atom is -0.312 e. The molecule has 0 aliphatic heterocycles. The molecule has 1 atom stereocenters. The van der Waals surface area contributed by atoms with Gasteiger partial charge in [-0.05, 0) is 50.3 Å². The van der Waals surface area contributed by atoms with Crippen molar-refractivity contribution in [3.8, 4) is 0 Å². The average molecular weight is 338 g/mol. The number of hydrogen-bond acceptors (Lipinski definition) is 1. The van der Waals surface area contributed by atoms with E-state index in [1.54, 1.807) is 6.08 Å². The van der Waals surface area contributed by atoms with Crippen LogP contribution in [0.1, 0.15) is 41.5 Å². The molecule has 0 N–H and O–H groups in total. The Morgan fingerprint density at radius 3 is 2.08 bits per heavy atom. The van der Waals surface area contributed by atoms with Gasteiger partial charge in [0.2, 0.25) is 0 Å². The van der Waals surface area contributed by atoms with Gasteiger partial charge in [-0.2, -0.15) is 0 Å². The minimum absolute atomic E-state index is 0.0992. The van der Waals surface area contributed by atoms with Gasteiger partial charge in [-0.15, -0.1) is 0 Å². The van der Waals surface area contributed by atoms with E-state index in [0.29, 0.717) is 5.92 Å². The van der Waals surface area contributed by atoms with Crippen LogP contribution in [0, 0.1) is 11.3 Å². The molecule has 0 rings (SSSR count). The molecule has 0 saturated heterocycles. The van der Waals surface area contributed by atoms with E-state index >= 15 is 0 Å². The van der Waals surface area contributed by atoms with Crippen LogP contribution < -0.4 is 0 Å². The molecule has 0 saturated carbocycles. The van der Waals surface area contributed by atoms with E-state index in [4.69, 9.17) is 0 Å². The van der Waals surface area contributed by atoms with Gasteiger partial charge in [0.25, 0.3) is 0 Å². The summed E-state index contributed by atoms with van der Waals surface area (Å²) in [6, 6.07) is 0. The van der Waals surface area contributed by atoms with Crippen LogP contribution in [0.4, 0.5) is 0 Å². The summed E-state index contributed by atoms with van der Waals surface area (Å²) < 4.78 is 0. The average Bonchev–Trinajstić information content (AvgIpc) is 2.58. The fourth-order valence-electron chi connectivity index (χ4n) is 2.31. The quantitative estimate of drug-likeness (QED) is 0.298. The van der Waals surface area contributed by atoms with Crippen LogP contribution in [-0.2, 0) is 0 Å². The van der Waals surface area contributed by atoms with Gasteiger partial charge in [0.05, 0.1) is 0 Å². The van der Waals surface area contributed by atoms with E-state index in [1.807, 2.05) is 49.1 Å². The van der Waals surface area contributed by atoms with Gasteiger partial charge in [0.15, 0.2) is 0 Å². The highest BCUT2D eigenvalue weighted by Gasteiger charge is 2.19. The van der Waals surface area contributed by atoms with Crippen LogP contribution in [0.15, 0.2) is 97.6 Å². The van der Waals surface area contributed by atoms with Crippen molar-refractivity contribution >= 4 is 0 Å². The van der Waals surface area contributed by atoms with E-state index in [9.17, 15) is 0 Å². The first-order valence-corrected chi connectivity index (χ1v) is 8.83. The van der Waals surface area contributed by atoms with Crippen molar-refractivity contribution in [1.82, 2.24) is 4.90 Å². The highest BCUT2D eigenvalue weighted by molar-refractivity contribution is 5.35. The third kappa shape index (κ3) is 7.43. The van der Waals surface area contributed by atoms with Crippen molar-refractivity contribution in [2.45, 2.75) is 41.5 Å². The van der Waals surface area contributed by atoms with E-state index in [0.717, 1.165) is 17.1 Å². The standard InChI is InChI=1S/C24H35N/c1-10-16-20(5)24(8,9)19-15-14-18-22(7)25(21(6)12-3)23(13-4)17-11-2/h10-20H,3,6-7H2,1-2,4-5,8-9H3/b16-10-,17-11-,18-14-,19-15-,23-13+. The van der Waals surface area contributed by atoms with Crippen LogP contribution in [0.2, 0.25) is 0 Å². The maximum atomic E-state index is 4.18. The molecule has 0 aliphatic rings. The summed E-state index contributed by atoms with van der Waals surface area (Å²) in [6.45, 7) is 24.9. The zero-order valence-corrected chi connectivity index (χ0v) is 16.9. The second kappa shape index (κ2) is 11.3. The summed E-state index contributed by atoms with van der Waals surface area (Å²) in [4.78, 5) is 1.99. The van der Waals surface area contributed by atoms with E-state index in [2.05, 4.69) is 71.7 Å². The van der Waals surface area contributed by atoms with Crippen molar-refractivity contribution in [2.24, 2.45) is 11.3 Å². The lowest BCUT2D eigenvalue weighted by atomic mass is 9.79. The fraction of sp³-hybridized carbons (Fsp3) is 0.333. The molecule has 0 aliphatic carbocycles. The highest BCUT2D eigenvalue weighted by Crippen LogP contribution is 2.29. The molecule has 0 amide bonds. The van der Waals surface area contributed by atoms with Crippen molar-refractivity contribution < 1.29 is 0 Å². The topological polar surface area (TPSA) is 3.24 Å². The Bertz CT molecular complexity index is 606. The highest BCUT2D eigenvalue weighted by atomic mass is 15.1. The van der Waals surface area contributed by atoms with Crippen LogP contribution in [0.3, 0.4) is 0 Å². The number of allylic oxidation sites excluding steroid dienone is 10. The molecular weight excluding hydrogens is 302 g/mol. The van der Waals surface area contributed by atoms with Gasteiger partial charge in [-0.1, -0.05) is 83.0 Å². The SMILES string of the molecule is C=CC(=C)N(C(=C)/C=C\C=C/C(C)(C)C(C)/C=C\C)C(/C=C\C)=C/C. The summed E-state index contributed by atoms with van der Waals surface area (Å²) in [6.07, 6.45) is 20.5. The van der Waals surface area contributed by atoms with Gasteiger partial charge in [-0.3, -0.25) is 0 Å². The summed E-state index contributed by atoms with van der Waals surface area (Å²) in [5.41, 5.74) is 2.77. The smallest absolute Gasteiger partial charge is 0.0415 e. The van der Waals surface area contributed by atoms with Crippen LogP contribution in [-0.4, -0.2) is 4.90 Å². The van der Waals surface area contributed by atoms with Gasteiger partial charge in [-0.25, -0.2) is 0 Å². The molecule has 136 valence electrons. The first kappa shape index (κ1) is 22.7. The van der Waals surface area contributed by atoms with Crippen LogP contribution in [0.5, 0.6) is 0 Å². The molecule has 0 radical (unpaired) electrons. The maximum Gasteiger partial charge on any atom is 0.0415 e. The van der Waals surface area contributed by atoms with Gasteiger partial charge in [0.1, 0.15) is 0 Å². The molecule has 1 heteroatoms. The maximum absolute atomic E-state index is 4.18. The predicted octanol–water partition coefficient (Wildman–Crippen LogP) is 7.33. The van der Waals surface area contributed by atoms with Crippen LogP contribution >= 0.6 is 0 Å². The monoisotopic (exact) mass is 337 g/mol. The normalized spacial score (nSPS) is 14.7. The molecule has 0 aromatic rings. The molecule has 0 heterocycles. The van der Waals surface area contributed by atoms with Crippen LogP contribution in [0.25, 0.3) is 0 Å². The van der Waals surface area contributed by atoms with Crippen molar-refractivity contribution in [2.75, 3.05) is 0 Å². The third-order valence-corrected chi connectivity index (χ3v) is 4.28. The van der Waals surface area contributed by atoms with E-state index in [-0.39, 0.29) is 5.41 Å². The Balaban J connectivity index is 5.31. The Morgan fingerprint density at radius 1 is 0.960 bits per heavy atom. The molecule has 0 fully saturated rings. The fourth-order valence-corrected chi connectivity index (χ4v) is 2.31. The second-order valence-corrected chi connectivity index (χ2v) is 6.59. The lowest BCUT2D eigenvalue weighted by Crippen LogP contribution is -2.18. The molecule has 0 aromatic heterocycles. The number of nitrogens with zero attached hydrogens (tertiary/aromatic N) is 1. The third-order valence-electron chi connectivity index (χ3n) is 4.28. The largest absolute Gasteiger partial charge is 0.312 e. The van der Waals surface area contributed by atoms with Gasteiger partial charge in [0, 0.05) is 17.1 Å². The summed E-state index contributed by atoms with van der Waals surface area (Å²) in [5, 5.41) is 0. The second-order valence-electron chi connectivity index (χ2n) is 6.59. The molecule has 0 aromatic carbocycles. The van der Waals surface area contributed by atoms with Crippen molar-refractivity contribution in [3.05, 3.63) is 97.6 Å². The van der Waals surface area contributed by atoms with E-state index < -0.39 is 0 Å². The lowest BCUT2D eigenvalue weighted by molar-refractivity contribution is 0.368. The van der Waals surface area contributed by atoms with Gasteiger partial charge >= 0.3 is 0 Å². The molecule has 25 heavy (non-hydrogen) atoms.